The lowest BCUT2D eigenvalue weighted by Crippen LogP contribution is -2.38. The first kappa shape index (κ1) is 15.1. The number of methoxy groups -OCH3 is 1. The van der Waals surface area contributed by atoms with Gasteiger partial charge in [0, 0.05) is 11.6 Å². The average molecular weight is 301 g/mol. The molecule has 1 aliphatic rings. The first-order valence-electron chi connectivity index (χ1n) is 6.23. The maximum absolute atomic E-state index is 12.5. The summed E-state index contributed by atoms with van der Waals surface area (Å²) in [6.07, 6.45) is -2.36. The monoisotopic (exact) mass is 301 g/mol. The molecule has 1 fully saturated rings. The molecule has 1 aromatic rings. The third-order valence-corrected chi connectivity index (χ3v) is 3.35. The van der Waals surface area contributed by atoms with E-state index in [4.69, 9.17) is 4.74 Å². The fourth-order valence-electron chi connectivity index (χ4n) is 2.11. The molecule has 0 radical (unpaired) electrons. The zero-order valence-electron chi connectivity index (χ0n) is 11.1. The second-order valence-corrected chi connectivity index (χ2v) is 4.72. The molecule has 0 N–H and O–H groups in total. The van der Waals surface area contributed by atoms with Crippen LogP contribution in [0.15, 0.2) is 18.2 Å². The Morgan fingerprint density at radius 1 is 1.43 bits per heavy atom. The first-order chi connectivity index (χ1) is 9.92. The molecule has 6 nitrogen and oxygen atoms in total. The molecule has 0 amide bonds. The van der Waals surface area contributed by atoms with Crippen molar-refractivity contribution in [3.05, 3.63) is 33.9 Å². The predicted molar refractivity (Wildman–Crippen MR) is 67.2 cm³/mol. The van der Waals surface area contributed by atoms with Crippen molar-refractivity contribution in [3.8, 4) is 5.75 Å². The van der Waals surface area contributed by atoms with Crippen molar-refractivity contribution in [1.29, 1.82) is 0 Å². The molecular weight excluding hydrogens is 288 g/mol. The van der Waals surface area contributed by atoms with Gasteiger partial charge in [0.05, 0.1) is 18.0 Å². The number of hydrogen-bond donors (Lipinski definition) is 0. The third-order valence-electron chi connectivity index (χ3n) is 3.35. The van der Waals surface area contributed by atoms with Crippen LogP contribution < -0.4 is 4.74 Å². The normalized spacial score (nSPS) is 20.8. The van der Waals surface area contributed by atoms with E-state index in [1.54, 1.807) is 0 Å². The van der Waals surface area contributed by atoms with Gasteiger partial charge in [0.25, 0.3) is 6.43 Å². The summed E-state index contributed by atoms with van der Waals surface area (Å²) >= 11 is 0. The van der Waals surface area contributed by atoms with E-state index in [9.17, 15) is 23.7 Å². The number of rotatable bonds is 5. The van der Waals surface area contributed by atoms with Crippen LogP contribution in [0.3, 0.4) is 0 Å². The Kier molecular flexibility index (Phi) is 4.35. The van der Waals surface area contributed by atoms with Gasteiger partial charge < -0.3 is 9.47 Å². The Bertz CT molecular complexity index is 557. The molecule has 0 unspecified atom stereocenters. The Morgan fingerprint density at radius 3 is 2.62 bits per heavy atom. The van der Waals surface area contributed by atoms with Crippen LogP contribution >= 0.6 is 0 Å². The van der Waals surface area contributed by atoms with Crippen molar-refractivity contribution in [2.45, 2.75) is 25.4 Å². The molecule has 2 rings (SSSR count). The SMILES string of the molecule is COC(=O)[C@H]1C[C@H](Oc2ccc(C(F)F)cc2[N+](=O)[O-])C1. The molecule has 0 aliphatic heterocycles. The number of alkyl halides is 2. The van der Waals surface area contributed by atoms with Gasteiger partial charge in [-0.05, 0) is 25.0 Å². The van der Waals surface area contributed by atoms with Gasteiger partial charge in [-0.15, -0.1) is 0 Å². The average Bonchev–Trinajstić information content (AvgIpc) is 2.41. The standard InChI is InChI=1S/C13H13F2NO5/c1-20-13(17)8-4-9(5-8)21-11-3-2-7(12(14)15)6-10(11)16(18)19/h2-3,6,8-9,12H,4-5H2,1H3/t8-,9-. The number of halogens is 2. The van der Waals surface area contributed by atoms with Gasteiger partial charge in [-0.1, -0.05) is 0 Å². The summed E-state index contributed by atoms with van der Waals surface area (Å²) in [5.74, 6) is -0.700. The van der Waals surface area contributed by atoms with Crippen LogP contribution in [0.25, 0.3) is 0 Å². The minimum absolute atomic E-state index is 0.0716. The number of carbonyl (C=O) groups excluding carboxylic acids is 1. The number of nitrogens with zero attached hydrogens (tertiary/aromatic N) is 1. The van der Waals surface area contributed by atoms with Crippen LogP contribution in [0, 0.1) is 16.0 Å². The number of nitro groups is 1. The molecule has 8 heteroatoms. The third kappa shape index (κ3) is 3.26. The van der Waals surface area contributed by atoms with Crippen molar-refractivity contribution in [2.24, 2.45) is 5.92 Å². The lowest BCUT2D eigenvalue weighted by atomic mass is 9.82. The Labute approximate surface area is 118 Å². The van der Waals surface area contributed by atoms with E-state index in [0.717, 1.165) is 18.2 Å². The van der Waals surface area contributed by atoms with E-state index >= 15 is 0 Å². The highest BCUT2D eigenvalue weighted by atomic mass is 19.3. The van der Waals surface area contributed by atoms with Crippen molar-refractivity contribution in [3.63, 3.8) is 0 Å². The minimum Gasteiger partial charge on any atom is -0.483 e. The number of esters is 1. The molecule has 0 bridgehead atoms. The van der Waals surface area contributed by atoms with E-state index < -0.39 is 22.6 Å². The van der Waals surface area contributed by atoms with Gasteiger partial charge in [0.1, 0.15) is 6.10 Å². The van der Waals surface area contributed by atoms with E-state index in [-0.39, 0.29) is 23.7 Å². The van der Waals surface area contributed by atoms with Crippen LogP contribution in [0.1, 0.15) is 24.8 Å². The molecule has 1 aromatic carbocycles. The topological polar surface area (TPSA) is 78.7 Å². The van der Waals surface area contributed by atoms with E-state index in [2.05, 4.69) is 4.74 Å². The molecule has 0 atom stereocenters. The molecule has 0 aromatic heterocycles. The summed E-state index contributed by atoms with van der Waals surface area (Å²) in [6.45, 7) is 0. The molecule has 0 saturated heterocycles. The molecule has 1 saturated carbocycles. The Hall–Kier alpha value is -2.25. The van der Waals surface area contributed by atoms with Gasteiger partial charge in [0.15, 0.2) is 5.75 Å². The minimum atomic E-state index is -2.79. The molecule has 0 heterocycles. The highest BCUT2D eigenvalue weighted by Gasteiger charge is 2.38. The van der Waals surface area contributed by atoms with Crippen LogP contribution in [0.5, 0.6) is 5.75 Å². The van der Waals surface area contributed by atoms with E-state index in [1.165, 1.54) is 7.11 Å². The second-order valence-electron chi connectivity index (χ2n) is 4.72. The Balaban J connectivity index is 2.07. The quantitative estimate of drug-likeness (QED) is 0.474. The summed E-state index contributed by atoms with van der Waals surface area (Å²) in [4.78, 5) is 21.4. The molecule has 0 spiro atoms. The summed E-state index contributed by atoms with van der Waals surface area (Å²) in [6, 6.07) is 3.05. The van der Waals surface area contributed by atoms with Crippen molar-refractivity contribution < 1.29 is 28.0 Å². The van der Waals surface area contributed by atoms with Crippen LogP contribution in [0.4, 0.5) is 14.5 Å². The highest BCUT2D eigenvalue weighted by molar-refractivity contribution is 5.73. The van der Waals surface area contributed by atoms with Gasteiger partial charge in [-0.3, -0.25) is 14.9 Å². The van der Waals surface area contributed by atoms with Gasteiger partial charge in [-0.2, -0.15) is 0 Å². The predicted octanol–water partition coefficient (Wildman–Crippen LogP) is 2.86. The molecular formula is C13H13F2NO5. The molecule has 114 valence electrons. The second kappa shape index (κ2) is 6.02. The zero-order valence-corrected chi connectivity index (χ0v) is 11.1. The van der Waals surface area contributed by atoms with Crippen molar-refractivity contribution in [2.75, 3.05) is 7.11 Å². The van der Waals surface area contributed by atoms with Crippen LogP contribution in [-0.4, -0.2) is 24.1 Å². The first-order valence-corrected chi connectivity index (χ1v) is 6.23. The summed E-state index contributed by atoms with van der Waals surface area (Å²) in [5, 5.41) is 10.9. The number of carbonyl (C=O) groups is 1. The number of nitro benzene ring substituents is 1. The number of ether oxygens (including phenoxy) is 2. The van der Waals surface area contributed by atoms with Crippen LogP contribution in [-0.2, 0) is 9.53 Å². The number of benzene rings is 1. The molecule has 21 heavy (non-hydrogen) atoms. The van der Waals surface area contributed by atoms with E-state index in [0.29, 0.717) is 12.8 Å². The fraction of sp³-hybridized carbons (Fsp3) is 0.462. The summed E-state index contributed by atoms with van der Waals surface area (Å²) < 4.78 is 35.1. The summed E-state index contributed by atoms with van der Waals surface area (Å²) in [7, 11) is 1.28. The van der Waals surface area contributed by atoms with Gasteiger partial charge in [0.2, 0.25) is 0 Å². The largest absolute Gasteiger partial charge is 0.483 e. The maximum Gasteiger partial charge on any atom is 0.311 e. The van der Waals surface area contributed by atoms with Gasteiger partial charge >= 0.3 is 11.7 Å². The van der Waals surface area contributed by atoms with Crippen molar-refractivity contribution >= 4 is 11.7 Å². The lowest BCUT2D eigenvalue weighted by molar-refractivity contribution is -0.386. The lowest BCUT2D eigenvalue weighted by Gasteiger charge is -2.33. The Morgan fingerprint density at radius 2 is 2.10 bits per heavy atom. The maximum atomic E-state index is 12.5. The zero-order chi connectivity index (χ0) is 15.6. The van der Waals surface area contributed by atoms with Crippen molar-refractivity contribution in [1.82, 2.24) is 0 Å². The number of hydrogen-bond acceptors (Lipinski definition) is 5. The smallest absolute Gasteiger partial charge is 0.311 e. The summed E-state index contributed by atoms with van der Waals surface area (Å²) in [5.41, 5.74) is -0.940. The van der Waals surface area contributed by atoms with Gasteiger partial charge in [-0.25, -0.2) is 8.78 Å². The molecule has 1 aliphatic carbocycles. The fourth-order valence-corrected chi connectivity index (χ4v) is 2.11. The van der Waals surface area contributed by atoms with Crippen LogP contribution in [0.2, 0.25) is 0 Å². The van der Waals surface area contributed by atoms with E-state index in [1.807, 2.05) is 0 Å². The highest BCUT2D eigenvalue weighted by Crippen LogP contribution is 2.37.